The van der Waals surface area contributed by atoms with Gasteiger partial charge in [-0.2, -0.15) is 13.9 Å². The van der Waals surface area contributed by atoms with E-state index in [-0.39, 0.29) is 5.91 Å². The highest BCUT2D eigenvalue weighted by molar-refractivity contribution is 5.95. The molecule has 1 N–H and O–H groups in total. The first-order chi connectivity index (χ1) is 13.5. The lowest BCUT2D eigenvalue weighted by Gasteiger charge is -2.09. The Morgan fingerprint density at radius 3 is 2.89 bits per heavy atom. The second kappa shape index (κ2) is 8.75. The number of benzene rings is 1. The number of carbonyl (C=O) groups excluding carboxylic acids is 1. The maximum atomic E-state index is 12.9. The molecule has 0 unspecified atom stereocenters. The van der Waals surface area contributed by atoms with Crippen LogP contribution in [0.2, 0.25) is 0 Å². The number of methoxy groups -OCH3 is 1. The first-order valence-corrected chi connectivity index (χ1v) is 8.70. The summed E-state index contributed by atoms with van der Waals surface area (Å²) in [5.41, 5.74) is 2.98. The number of ether oxygens (including phenoxy) is 1. The first kappa shape index (κ1) is 19.7. The molecule has 148 valence electrons. The van der Waals surface area contributed by atoms with Crippen LogP contribution >= 0.6 is 0 Å². The molecule has 9 heteroatoms. The van der Waals surface area contributed by atoms with E-state index in [1.165, 1.54) is 6.20 Å². The fraction of sp³-hybridized carbons (Fsp3) is 0.316. The van der Waals surface area contributed by atoms with E-state index >= 15 is 0 Å². The Balaban J connectivity index is 1.72. The van der Waals surface area contributed by atoms with Gasteiger partial charge in [-0.15, -0.1) is 0 Å². The molecule has 0 bridgehead atoms. The Morgan fingerprint density at radius 2 is 2.18 bits per heavy atom. The maximum Gasteiger partial charge on any atom is 0.333 e. The van der Waals surface area contributed by atoms with Gasteiger partial charge in [-0.05, 0) is 24.6 Å². The largest absolute Gasteiger partial charge is 0.383 e. The van der Waals surface area contributed by atoms with Crippen molar-refractivity contribution in [3.8, 4) is 11.1 Å². The van der Waals surface area contributed by atoms with E-state index < -0.39 is 6.55 Å². The standard InChI is InChI=1S/C19H21F2N5O2/c1-13-17(11-26(24-13)19(20)21)14-4-3-5-15(8-14)18(27)23-10-16-9-22-12-25(16)6-7-28-2/h3-5,8-9,11-12,19H,6-7,10H2,1-2H3,(H,23,27). The number of carbonyl (C=O) groups is 1. The lowest BCUT2D eigenvalue weighted by atomic mass is 10.0. The van der Waals surface area contributed by atoms with Crippen molar-refractivity contribution in [1.82, 2.24) is 24.6 Å². The summed E-state index contributed by atoms with van der Waals surface area (Å²) in [4.78, 5) is 16.6. The van der Waals surface area contributed by atoms with Crippen molar-refractivity contribution >= 4 is 5.91 Å². The number of imidazole rings is 1. The van der Waals surface area contributed by atoms with E-state index in [9.17, 15) is 13.6 Å². The van der Waals surface area contributed by atoms with E-state index in [0.29, 0.717) is 46.8 Å². The average molecular weight is 389 g/mol. The van der Waals surface area contributed by atoms with E-state index in [1.807, 2.05) is 4.57 Å². The van der Waals surface area contributed by atoms with Gasteiger partial charge >= 0.3 is 6.55 Å². The van der Waals surface area contributed by atoms with Crippen LogP contribution in [-0.2, 0) is 17.8 Å². The first-order valence-electron chi connectivity index (χ1n) is 8.70. The Morgan fingerprint density at radius 1 is 1.36 bits per heavy atom. The smallest absolute Gasteiger partial charge is 0.333 e. The van der Waals surface area contributed by atoms with Gasteiger partial charge in [0.05, 0.1) is 30.9 Å². The number of aromatic nitrogens is 4. The molecule has 0 saturated heterocycles. The summed E-state index contributed by atoms with van der Waals surface area (Å²) in [6.07, 6.45) is 4.66. The van der Waals surface area contributed by atoms with Crippen molar-refractivity contribution in [3.05, 3.63) is 59.9 Å². The number of rotatable bonds is 8. The van der Waals surface area contributed by atoms with Crippen LogP contribution in [0, 0.1) is 6.92 Å². The predicted molar refractivity (Wildman–Crippen MR) is 98.9 cm³/mol. The van der Waals surface area contributed by atoms with Crippen molar-refractivity contribution in [1.29, 1.82) is 0 Å². The van der Waals surface area contributed by atoms with Crippen LogP contribution in [0.25, 0.3) is 11.1 Å². The van der Waals surface area contributed by atoms with Crippen molar-refractivity contribution in [2.24, 2.45) is 0 Å². The van der Waals surface area contributed by atoms with Gasteiger partial charge < -0.3 is 14.6 Å². The third-order valence-electron chi connectivity index (χ3n) is 4.32. The van der Waals surface area contributed by atoms with Crippen LogP contribution in [0.4, 0.5) is 8.78 Å². The van der Waals surface area contributed by atoms with E-state index in [0.717, 1.165) is 5.69 Å². The van der Waals surface area contributed by atoms with E-state index in [4.69, 9.17) is 4.74 Å². The molecule has 1 amide bonds. The molecular formula is C19H21F2N5O2. The summed E-state index contributed by atoms with van der Waals surface area (Å²) in [5, 5.41) is 6.66. The number of alkyl halides is 2. The van der Waals surface area contributed by atoms with Gasteiger partial charge in [-0.3, -0.25) is 4.79 Å². The highest BCUT2D eigenvalue weighted by atomic mass is 19.3. The van der Waals surface area contributed by atoms with Crippen molar-refractivity contribution in [2.75, 3.05) is 13.7 Å². The Labute approximate surface area is 161 Å². The van der Waals surface area contributed by atoms with Gasteiger partial charge in [0.1, 0.15) is 0 Å². The summed E-state index contributed by atoms with van der Waals surface area (Å²) in [6.45, 7) is 0.453. The van der Waals surface area contributed by atoms with Crippen LogP contribution in [0.1, 0.15) is 28.3 Å². The topological polar surface area (TPSA) is 74.0 Å². The van der Waals surface area contributed by atoms with Crippen molar-refractivity contribution in [2.45, 2.75) is 26.6 Å². The summed E-state index contributed by atoms with van der Waals surface area (Å²) >= 11 is 0. The molecule has 0 aliphatic carbocycles. The molecule has 0 aliphatic rings. The minimum absolute atomic E-state index is 0.264. The lowest BCUT2D eigenvalue weighted by Crippen LogP contribution is -2.24. The molecule has 0 aliphatic heterocycles. The van der Waals surface area contributed by atoms with Crippen LogP contribution in [0.3, 0.4) is 0 Å². The summed E-state index contributed by atoms with van der Waals surface area (Å²) < 4.78 is 33.3. The highest BCUT2D eigenvalue weighted by Gasteiger charge is 2.14. The van der Waals surface area contributed by atoms with Gasteiger partial charge in [0.15, 0.2) is 0 Å². The van der Waals surface area contributed by atoms with Gasteiger partial charge in [0, 0.05) is 37.2 Å². The zero-order valence-corrected chi connectivity index (χ0v) is 15.6. The third kappa shape index (κ3) is 4.42. The molecule has 0 fully saturated rings. The van der Waals surface area contributed by atoms with Gasteiger partial charge in [0.2, 0.25) is 0 Å². The maximum absolute atomic E-state index is 12.9. The molecule has 28 heavy (non-hydrogen) atoms. The number of nitrogens with zero attached hydrogens (tertiary/aromatic N) is 4. The number of nitrogens with one attached hydrogen (secondary N) is 1. The molecule has 0 atom stereocenters. The molecule has 0 saturated carbocycles. The minimum atomic E-state index is -2.71. The van der Waals surface area contributed by atoms with Crippen LogP contribution < -0.4 is 5.32 Å². The average Bonchev–Trinajstić information content (AvgIpc) is 3.30. The van der Waals surface area contributed by atoms with Crippen LogP contribution in [0.5, 0.6) is 0 Å². The van der Waals surface area contributed by atoms with Crippen LogP contribution in [0.15, 0.2) is 43.0 Å². The molecule has 2 heterocycles. The van der Waals surface area contributed by atoms with Gasteiger partial charge in [0.25, 0.3) is 5.91 Å². The molecular weight excluding hydrogens is 368 g/mol. The lowest BCUT2D eigenvalue weighted by molar-refractivity contribution is 0.0563. The second-order valence-electron chi connectivity index (χ2n) is 6.22. The highest BCUT2D eigenvalue weighted by Crippen LogP contribution is 2.25. The number of hydrogen-bond donors (Lipinski definition) is 1. The Kier molecular flexibility index (Phi) is 6.15. The van der Waals surface area contributed by atoms with Crippen molar-refractivity contribution in [3.63, 3.8) is 0 Å². The number of halogens is 2. The molecule has 0 spiro atoms. The quantitative estimate of drug-likeness (QED) is 0.643. The van der Waals surface area contributed by atoms with Crippen molar-refractivity contribution < 1.29 is 18.3 Å². The molecule has 3 rings (SSSR count). The number of aryl methyl sites for hydroxylation is 1. The third-order valence-corrected chi connectivity index (χ3v) is 4.32. The molecule has 1 aromatic carbocycles. The monoisotopic (exact) mass is 389 g/mol. The SMILES string of the molecule is COCCn1cncc1CNC(=O)c1cccc(-c2cn(C(F)F)nc2C)c1. The fourth-order valence-electron chi connectivity index (χ4n) is 2.85. The normalized spacial score (nSPS) is 11.2. The Hall–Kier alpha value is -3.07. The number of hydrogen-bond acceptors (Lipinski definition) is 4. The van der Waals surface area contributed by atoms with Crippen LogP contribution in [-0.4, -0.2) is 39.0 Å². The molecule has 7 nitrogen and oxygen atoms in total. The molecule has 2 aromatic heterocycles. The zero-order chi connectivity index (χ0) is 20.1. The van der Waals surface area contributed by atoms with Gasteiger partial charge in [-0.25, -0.2) is 9.67 Å². The zero-order valence-electron chi connectivity index (χ0n) is 15.6. The summed E-state index contributed by atoms with van der Waals surface area (Å²) in [7, 11) is 1.62. The number of amides is 1. The predicted octanol–water partition coefficient (Wildman–Crippen LogP) is 3.03. The summed E-state index contributed by atoms with van der Waals surface area (Å²) in [5.74, 6) is -0.264. The van der Waals surface area contributed by atoms with E-state index in [1.54, 1.807) is 50.8 Å². The second-order valence-corrected chi connectivity index (χ2v) is 6.22. The van der Waals surface area contributed by atoms with E-state index in [2.05, 4.69) is 15.4 Å². The minimum Gasteiger partial charge on any atom is -0.383 e. The molecule has 0 radical (unpaired) electrons. The summed E-state index contributed by atoms with van der Waals surface area (Å²) in [6, 6.07) is 6.81. The Bertz CT molecular complexity index is 951. The molecule has 3 aromatic rings. The fourth-order valence-corrected chi connectivity index (χ4v) is 2.85. The van der Waals surface area contributed by atoms with Gasteiger partial charge in [-0.1, -0.05) is 12.1 Å².